The molecule has 0 spiro atoms. The van der Waals surface area contributed by atoms with Crippen LogP contribution in [-0.2, 0) is 14.3 Å². The number of carbonyl (C=O) groups excluding carboxylic acids is 3. The fraction of sp³-hybridized carbons (Fsp3) is 0.333. The Hall–Kier alpha value is -4.42. The minimum atomic E-state index is -1.44. The predicted molar refractivity (Wildman–Crippen MR) is 149 cm³/mol. The molecule has 0 aliphatic carbocycles. The van der Waals surface area contributed by atoms with Crippen molar-refractivity contribution in [3.05, 3.63) is 77.4 Å². The molecule has 9 heteroatoms. The highest BCUT2D eigenvalue weighted by molar-refractivity contribution is 6.00. The number of aliphatic hydroxyl groups excluding tert-OH is 1. The van der Waals surface area contributed by atoms with E-state index in [9.17, 15) is 24.8 Å². The molecular weight excluding hydrogens is 496 g/mol. The lowest BCUT2D eigenvalue weighted by atomic mass is 9.95. The Morgan fingerprint density at radius 3 is 2.36 bits per heavy atom. The molecule has 0 aliphatic rings. The second-order valence-electron chi connectivity index (χ2n) is 10.2. The Morgan fingerprint density at radius 2 is 1.72 bits per heavy atom. The molecule has 0 bridgehead atoms. The third kappa shape index (κ3) is 7.33. The molecule has 0 aliphatic heterocycles. The number of hydrogen-bond donors (Lipinski definition) is 3. The van der Waals surface area contributed by atoms with Gasteiger partial charge in [-0.25, -0.2) is 4.79 Å². The fourth-order valence-corrected chi connectivity index (χ4v) is 4.21. The van der Waals surface area contributed by atoms with E-state index >= 15 is 0 Å². The molecule has 3 aromatic carbocycles. The minimum Gasteiger partial charge on any atom is -0.444 e. The van der Waals surface area contributed by atoms with Crippen LogP contribution < -0.4 is 10.6 Å². The molecule has 39 heavy (non-hydrogen) atoms. The average Bonchev–Trinajstić information content (AvgIpc) is 2.87. The zero-order valence-corrected chi connectivity index (χ0v) is 22.8. The Balaban J connectivity index is 2.01. The highest BCUT2D eigenvalue weighted by Crippen LogP contribution is 2.29. The van der Waals surface area contributed by atoms with Gasteiger partial charge in [0.25, 0.3) is 5.91 Å². The number of hydrogen-bond acceptors (Lipinski definition) is 6. The molecule has 2 atom stereocenters. The van der Waals surface area contributed by atoms with Crippen molar-refractivity contribution in [2.24, 2.45) is 0 Å². The van der Waals surface area contributed by atoms with E-state index in [-0.39, 0.29) is 0 Å². The summed E-state index contributed by atoms with van der Waals surface area (Å²) < 4.78 is 5.23. The van der Waals surface area contributed by atoms with E-state index in [1.54, 1.807) is 39.0 Å². The van der Waals surface area contributed by atoms with Crippen molar-refractivity contribution >= 4 is 34.4 Å². The SMILES string of the molecule is Cc1cccc(C(C(=O)Nc2ccc3ccccc3c2)N(CC#N)C(=O)C(CO)NC(=O)OC(C)(C)C)c1C. The summed E-state index contributed by atoms with van der Waals surface area (Å²) in [5, 5.41) is 26.8. The molecule has 3 amide bonds. The summed E-state index contributed by atoms with van der Waals surface area (Å²) in [7, 11) is 0. The van der Waals surface area contributed by atoms with Crippen molar-refractivity contribution in [2.45, 2.75) is 52.3 Å². The highest BCUT2D eigenvalue weighted by Gasteiger charge is 2.37. The average molecular weight is 531 g/mol. The third-order valence-electron chi connectivity index (χ3n) is 6.21. The normalized spacial score (nSPS) is 12.6. The Morgan fingerprint density at radius 1 is 1.03 bits per heavy atom. The van der Waals surface area contributed by atoms with Gasteiger partial charge in [-0.1, -0.05) is 48.5 Å². The van der Waals surface area contributed by atoms with Crippen molar-refractivity contribution in [3.8, 4) is 6.07 Å². The van der Waals surface area contributed by atoms with E-state index in [1.165, 1.54) is 0 Å². The maximum Gasteiger partial charge on any atom is 0.408 e. The lowest BCUT2D eigenvalue weighted by Crippen LogP contribution is -2.54. The van der Waals surface area contributed by atoms with E-state index in [4.69, 9.17) is 4.74 Å². The molecule has 2 unspecified atom stereocenters. The topological polar surface area (TPSA) is 132 Å². The zero-order valence-electron chi connectivity index (χ0n) is 22.8. The molecule has 0 aromatic heterocycles. The van der Waals surface area contributed by atoms with E-state index in [0.717, 1.165) is 26.8 Å². The van der Waals surface area contributed by atoms with Gasteiger partial charge >= 0.3 is 6.09 Å². The molecule has 9 nitrogen and oxygen atoms in total. The number of ether oxygens (including phenoxy) is 1. The van der Waals surface area contributed by atoms with E-state index in [1.807, 2.05) is 62.4 Å². The number of aryl methyl sites for hydroxylation is 1. The fourth-order valence-electron chi connectivity index (χ4n) is 4.21. The number of amides is 3. The monoisotopic (exact) mass is 530 g/mol. The summed E-state index contributed by atoms with van der Waals surface area (Å²) in [6.07, 6.45) is -0.907. The lowest BCUT2D eigenvalue weighted by molar-refractivity contribution is -0.140. The first-order chi connectivity index (χ1) is 18.4. The van der Waals surface area contributed by atoms with Crippen LogP contribution in [0.4, 0.5) is 10.5 Å². The first-order valence-corrected chi connectivity index (χ1v) is 12.6. The Kier molecular flexibility index (Phi) is 9.28. The number of fused-ring (bicyclic) bond motifs is 1. The quantitative estimate of drug-likeness (QED) is 0.371. The molecule has 204 valence electrons. The van der Waals surface area contributed by atoms with Gasteiger partial charge in [0, 0.05) is 5.69 Å². The molecular formula is C30H34N4O5. The minimum absolute atomic E-state index is 0.464. The molecule has 0 radical (unpaired) electrons. The van der Waals surface area contributed by atoms with Gasteiger partial charge in [0.2, 0.25) is 5.91 Å². The summed E-state index contributed by atoms with van der Waals surface area (Å²) in [5.74, 6) is -1.35. The number of benzene rings is 3. The van der Waals surface area contributed by atoms with E-state index in [2.05, 4.69) is 10.6 Å². The molecule has 0 saturated carbocycles. The standard InChI is InChI=1S/C30H34N4O5/c1-19-9-8-12-24(20(19)2)26(27(36)32-23-14-13-21-10-6-7-11-22(21)17-23)34(16-15-31)28(37)25(18-35)33-29(38)39-30(3,4)5/h6-14,17,25-26,35H,16,18H2,1-5H3,(H,32,36)(H,33,38). The highest BCUT2D eigenvalue weighted by atomic mass is 16.6. The van der Waals surface area contributed by atoms with Crippen LogP contribution in [0.15, 0.2) is 60.7 Å². The van der Waals surface area contributed by atoms with E-state index in [0.29, 0.717) is 11.3 Å². The van der Waals surface area contributed by atoms with E-state index < -0.39 is 48.7 Å². The summed E-state index contributed by atoms with van der Waals surface area (Å²) >= 11 is 0. The number of rotatable bonds is 8. The van der Waals surface area contributed by atoms with Gasteiger partial charge in [-0.15, -0.1) is 0 Å². The summed E-state index contributed by atoms with van der Waals surface area (Å²) in [4.78, 5) is 41.0. The molecule has 3 rings (SSSR count). The number of alkyl carbamates (subject to hydrolysis) is 1. The van der Waals surface area contributed by atoms with Gasteiger partial charge in [0.05, 0.1) is 12.7 Å². The zero-order chi connectivity index (χ0) is 28.7. The molecule has 0 heterocycles. The maximum atomic E-state index is 13.9. The Labute approximate surface area is 228 Å². The molecule has 3 N–H and O–H groups in total. The van der Waals surface area contributed by atoms with Crippen LogP contribution in [0.25, 0.3) is 10.8 Å². The van der Waals surface area contributed by atoms with Crippen LogP contribution in [0.5, 0.6) is 0 Å². The third-order valence-corrected chi connectivity index (χ3v) is 6.21. The van der Waals surface area contributed by atoms with Crippen LogP contribution in [0.2, 0.25) is 0 Å². The summed E-state index contributed by atoms with van der Waals surface area (Å²) in [5.41, 5.74) is 1.87. The molecule has 3 aromatic rings. The number of anilines is 1. The van der Waals surface area contributed by atoms with Gasteiger partial charge in [-0.3, -0.25) is 9.59 Å². The van der Waals surface area contributed by atoms with Crippen molar-refractivity contribution in [1.29, 1.82) is 5.26 Å². The summed E-state index contributed by atoms with van der Waals surface area (Å²) in [6.45, 7) is 7.49. The summed E-state index contributed by atoms with van der Waals surface area (Å²) in [6, 6.07) is 17.8. The largest absolute Gasteiger partial charge is 0.444 e. The number of carbonyl (C=O) groups is 3. The van der Waals surface area contributed by atoms with Crippen LogP contribution in [0, 0.1) is 25.2 Å². The van der Waals surface area contributed by atoms with Gasteiger partial charge in [-0.2, -0.15) is 5.26 Å². The van der Waals surface area contributed by atoms with Crippen molar-refractivity contribution in [2.75, 3.05) is 18.5 Å². The smallest absolute Gasteiger partial charge is 0.408 e. The van der Waals surface area contributed by atoms with Gasteiger partial charge in [-0.05, 0) is 74.2 Å². The maximum absolute atomic E-state index is 13.9. The second-order valence-corrected chi connectivity index (χ2v) is 10.2. The van der Waals surface area contributed by atoms with Crippen LogP contribution in [0.3, 0.4) is 0 Å². The first-order valence-electron chi connectivity index (χ1n) is 12.6. The lowest BCUT2D eigenvalue weighted by Gasteiger charge is -2.33. The van der Waals surface area contributed by atoms with Crippen LogP contribution in [0.1, 0.15) is 43.5 Å². The van der Waals surface area contributed by atoms with Crippen molar-refractivity contribution in [1.82, 2.24) is 10.2 Å². The van der Waals surface area contributed by atoms with Crippen LogP contribution in [-0.4, -0.2) is 52.7 Å². The molecule has 0 fully saturated rings. The Bertz CT molecular complexity index is 1410. The second kappa shape index (κ2) is 12.4. The van der Waals surface area contributed by atoms with Crippen molar-refractivity contribution < 1.29 is 24.2 Å². The van der Waals surface area contributed by atoms with Gasteiger partial charge in [0.15, 0.2) is 0 Å². The van der Waals surface area contributed by atoms with Gasteiger partial charge in [0.1, 0.15) is 24.2 Å². The molecule has 0 saturated heterocycles. The number of nitriles is 1. The van der Waals surface area contributed by atoms with Gasteiger partial charge < -0.3 is 25.4 Å². The van der Waals surface area contributed by atoms with Crippen LogP contribution >= 0.6 is 0 Å². The number of aliphatic hydroxyl groups is 1. The predicted octanol–water partition coefficient (Wildman–Crippen LogP) is 4.37. The van der Waals surface area contributed by atoms with Crippen molar-refractivity contribution in [3.63, 3.8) is 0 Å². The number of nitrogens with zero attached hydrogens (tertiary/aromatic N) is 2. The number of nitrogens with one attached hydrogen (secondary N) is 2. The first kappa shape index (κ1) is 29.1.